The van der Waals surface area contributed by atoms with E-state index in [2.05, 4.69) is 43.5 Å². The molecule has 3 N–H and O–H groups in total. The van der Waals surface area contributed by atoms with Gasteiger partial charge in [-0.2, -0.15) is 0 Å². The number of amides is 1. The molecule has 0 bridgehead atoms. The maximum Gasteiger partial charge on any atom is 0.305 e. The molecule has 0 aliphatic heterocycles. The second-order valence-electron chi connectivity index (χ2n) is 24.2. The minimum atomic E-state index is -0.848. The highest BCUT2D eigenvalue weighted by Gasteiger charge is 2.18. The topological polar surface area (TPSA) is 95.9 Å². The minimum Gasteiger partial charge on any atom is -0.466 e. The van der Waals surface area contributed by atoms with E-state index in [1.165, 1.54) is 315 Å². The normalized spacial score (nSPS) is 12.7. The van der Waals surface area contributed by atoms with E-state index < -0.39 is 12.1 Å². The van der Waals surface area contributed by atoms with E-state index in [0.717, 1.165) is 44.9 Å². The fourth-order valence-corrected chi connectivity index (χ4v) is 11.0. The average molecular weight is 1100 g/mol. The van der Waals surface area contributed by atoms with Gasteiger partial charge in [-0.1, -0.05) is 346 Å². The molecule has 0 heterocycles. The average Bonchev–Trinajstić information content (AvgIpc) is 3.44. The number of aliphatic hydroxyl groups is 2. The van der Waals surface area contributed by atoms with E-state index in [-0.39, 0.29) is 18.5 Å². The smallest absolute Gasteiger partial charge is 0.305 e. The van der Waals surface area contributed by atoms with Crippen LogP contribution in [0.1, 0.15) is 386 Å². The van der Waals surface area contributed by atoms with Gasteiger partial charge in [-0.25, -0.2) is 0 Å². The summed E-state index contributed by atoms with van der Waals surface area (Å²) in [6.45, 7) is 4.94. The van der Waals surface area contributed by atoms with Gasteiger partial charge in [-0.05, 0) is 64.2 Å². The summed E-state index contributed by atoms with van der Waals surface area (Å²) in [5.41, 5.74) is 0. The van der Waals surface area contributed by atoms with Gasteiger partial charge < -0.3 is 20.3 Å². The Hall–Kier alpha value is -1.92. The number of esters is 1. The second-order valence-corrected chi connectivity index (χ2v) is 24.2. The third kappa shape index (κ3) is 63.3. The van der Waals surface area contributed by atoms with Crippen LogP contribution in [0, 0.1) is 0 Å². The molecular weight excluding hydrogens is 959 g/mol. The van der Waals surface area contributed by atoms with Gasteiger partial charge in [0.15, 0.2) is 0 Å². The van der Waals surface area contributed by atoms with Gasteiger partial charge in [0.1, 0.15) is 0 Å². The molecule has 0 radical (unpaired) electrons. The van der Waals surface area contributed by atoms with Crippen LogP contribution < -0.4 is 5.32 Å². The molecule has 2 unspecified atom stereocenters. The van der Waals surface area contributed by atoms with Crippen molar-refractivity contribution in [3.63, 3.8) is 0 Å². The predicted octanol–water partition coefficient (Wildman–Crippen LogP) is 22.7. The predicted molar refractivity (Wildman–Crippen MR) is 343 cm³/mol. The van der Waals surface area contributed by atoms with Gasteiger partial charge >= 0.3 is 5.97 Å². The number of hydrogen-bond donors (Lipinski definition) is 3. The summed E-state index contributed by atoms with van der Waals surface area (Å²) >= 11 is 0. The molecule has 0 saturated heterocycles. The summed E-state index contributed by atoms with van der Waals surface area (Å²) in [5.74, 6) is -0.0544. The molecule has 0 aromatic rings. The molecule has 1 amide bonds. The summed E-state index contributed by atoms with van der Waals surface area (Å²) in [6, 6.07) is -0.631. The van der Waals surface area contributed by atoms with Crippen molar-refractivity contribution >= 4 is 11.9 Å². The first kappa shape index (κ1) is 76.1. The molecule has 460 valence electrons. The minimum absolute atomic E-state index is 0.0136. The highest BCUT2D eigenvalue weighted by atomic mass is 16.5. The Kier molecular flexibility index (Phi) is 65.9. The van der Waals surface area contributed by atoms with Crippen LogP contribution in [0.2, 0.25) is 0 Å². The van der Waals surface area contributed by atoms with Gasteiger partial charge in [0.25, 0.3) is 0 Å². The molecule has 0 aliphatic carbocycles. The lowest BCUT2D eigenvalue weighted by molar-refractivity contribution is -0.143. The van der Waals surface area contributed by atoms with Crippen molar-refractivity contribution in [3.8, 4) is 0 Å². The fraction of sp³-hybridized carbons (Fsp3) is 0.889. The van der Waals surface area contributed by atoms with Gasteiger partial charge in [-0.15, -0.1) is 0 Å². The number of aliphatic hydroxyl groups excluding tert-OH is 2. The summed E-state index contributed by atoms with van der Waals surface area (Å²) in [7, 11) is 0. The first-order valence-corrected chi connectivity index (χ1v) is 35.3. The van der Waals surface area contributed by atoms with Gasteiger partial charge in [0.2, 0.25) is 5.91 Å². The largest absolute Gasteiger partial charge is 0.466 e. The van der Waals surface area contributed by atoms with Crippen LogP contribution >= 0.6 is 0 Å². The molecule has 6 heteroatoms. The number of hydrogen-bond acceptors (Lipinski definition) is 5. The number of ether oxygens (including phenoxy) is 1. The lowest BCUT2D eigenvalue weighted by Gasteiger charge is -2.20. The molecule has 0 fully saturated rings. The molecule has 0 rings (SSSR count). The Labute approximate surface area is 487 Å². The molecule has 0 aromatic carbocycles. The molecule has 6 nitrogen and oxygen atoms in total. The third-order valence-electron chi connectivity index (χ3n) is 16.4. The SMILES string of the molecule is CCCCCCCCCCCCCCCCCCC/C=C/C(O)C(CO)NC(=O)CCCCCCCCCCCCC/C=C\C/C=C\CCCCCCCCCCCOC(=O)CCCCCCCCCCCCCCCCC. The Balaban J connectivity index is 3.43. The summed E-state index contributed by atoms with van der Waals surface area (Å²) in [6.07, 6.45) is 86.5. The molecule has 0 saturated carbocycles. The monoisotopic (exact) mass is 1100 g/mol. The van der Waals surface area contributed by atoms with Crippen molar-refractivity contribution in [2.75, 3.05) is 13.2 Å². The van der Waals surface area contributed by atoms with Crippen LogP contribution in [0.4, 0.5) is 0 Å². The van der Waals surface area contributed by atoms with E-state index in [4.69, 9.17) is 4.74 Å². The van der Waals surface area contributed by atoms with Crippen LogP contribution in [0.25, 0.3) is 0 Å². The maximum absolute atomic E-state index is 12.5. The van der Waals surface area contributed by atoms with Gasteiger partial charge in [0, 0.05) is 12.8 Å². The molecule has 2 atom stereocenters. The highest BCUT2D eigenvalue weighted by molar-refractivity contribution is 5.76. The van der Waals surface area contributed by atoms with E-state index >= 15 is 0 Å². The number of nitrogens with one attached hydrogen (secondary N) is 1. The first-order chi connectivity index (χ1) is 38.5. The Morgan fingerprint density at radius 2 is 0.641 bits per heavy atom. The zero-order chi connectivity index (χ0) is 56.4. The lowest BCUT2D eigenvalue weighted by Crippen LogP contribution is -2.45. The van der Waals surface area contributed by atoms with E-state index in [1.54, 1.807) is 6.08 Å². The molecule has 78 heavy (non-hydrogen) atoms. The molecule has 0 aromatic heterocycles. The van der Waals surface area contributed by atoms with Crippen molar-refractivity contribution in [1.29, 1.82) is 0 Å². The number of allylic oxidation sites excluding steroid dienone is 5. The standard InChI is InChI=1S/C72H137NO5/c1-3-5-7-9-11-13-15-17-19-20-30-33-37-40-44-48-52-56-60-64-70(75)69(68-74)73-71(76)65-61-57-53-49-45-41-38-34-31-28-26-24-22-21-23-25-27-29-32-35-39-43-47-51-55-59-63-67-78-72(77)66-62-58-54-50-46-42-36-18-16-14-12-10-8-6-4-2/h21-22,25,27,60,64,69-70,74-75H,3-20,23-24,26,28-59,61-63,65-68H2,1-2H3,(H,73,76)/b22-21-,27-25-,64-60+. The Morgan fingerprint density at radius 3 is 0.974 bits per heavy atom. The Morgan fingerprint density at radius 1 is 0.359 bits per heavy atom. The lowest BCUT2D eigenvalue weighted by atomic mass is 10.0. The number of carbonyl (C=O) groups is 2. The van der Waals surface area contributed by atoms with Crippen molar-refractivity contribution in [1.82, 2.24) is 5.32 Å². The zero-order valence-electron chi connectivity index (χ0n) is 52.7. The quantitative estimate of drug-likeness (QED) is 0.0320. The molecule has 0 spiro atoms. The highest BCUT2D eigenvalue weighted by Crippen LogP contribution is 2.18. The summed E-state index contributed by atoms with van der Waals surface area (Å²) in [4.78, 5) is 24.6. The summed E-state index contributed by atoms with van der Waals surface area (Å²) in [5, 5.41) is 23.2. The number of unbranched alkanes of at least 4 members (excludes halogenated alkanes) is 51. The van der Waals surface area contributed by atoms with E-state index in [0.29, 0.717) is 19.4 Å². The zero-order valence-corrected chi connectivity index (χ0v) is 52.7. The number of rotatable bonds is 66. The molecule has 0 aliphatic rings. The third-order valence-corrected chi connectivity index (χ3v) is 16.4. The van der Waals surface area contributed by atoms with Crippen molar-refractivity contribution in [2.24, 2.45) is 0 Å². The van der Waals surface area contributed by atoms with Crippen LogP contribution in [0.3, 0.4) is 0 Å². The fourth-order valence-electron chi connectivity index (χ4n) is 11.0. The van der Waals surface area contributed by atoms with Crippen molar-refractivity contribution < 1.29 is 24.5 Å². The maximum atomic E-state index is 12.5. The van der Waals surface area contributed by atoms with Crippen LogP contribution in [0.5, 0.6) is 0 Å². The van der Waals surface area contributed by atoms with Crippen LogP contribution in [0.15, 0.2) is 36.5 Å². The van der Waals surface area contributed by atoms with Crippen LogP contribution in [-0.2, 0) is 14.3 Å². The van der Waals surface area contributed by atoms with Crippen molar-refractivity contribution in [2.45, 2.75) is 398 Å². The summed E-state index contributed by atoms with van der Waals surface area (Å²) < 4.78 is 5.49. The van der Waals surface area contributed by atoms with E-state index in [1.807, 2.05) is 6.08 Å². The van der Waals surface area contributed by atoms with Gasteiger partial charge in [0.05, 0.1) is 25.4 Å². The first-order valence-electron chi connectivity index (χ1n) is 35.3. The van der Waals surface area contributed by atoms with Crippen molar-refractivity contribution in [3.05, 3.63) is 36.5 Å². The second kappa shape index (κ2) is 67.6. The van der Waals surface area contributed by atoms with Crippen LogP contribution in [-0.4, -0.2) is 47.4 Å². The molecular formula is C72H137NO5. The van der Waals surface area contributed by atoms with Gasteiger partial charge in [-0.3, -0.25) is 9.59 Å². The van der Waals surface area contributed by atoms with E-state index in [9.17, 15) is 19.8 Å². The Bertz CT molecular complexity index is 1260. The number of carbonyl (C=O) groups excluding carboxylic acids is 2.